The van der Waals surface area contributed by atoms with E-state index in [1.54, 1.807) is 13.0 Å². The molecule has 1 saturated carbocycles. The molecule has 6 nitrogen and oxygen atoms in total. The number of rotatable bonds is 9. The topological polar surface area (TPSA) is 90.7 Å². The van der Waals surface area contributed by atoms with Crippen LogP contribution in [0.5, 0.6) is 0 Å². The van der Waals surface area contributed by atoms with E-state index in [0.717, 1.165) is 18.2 Å². The summed E-state index contributed by atoms with van der Waals surface area (Å²) in [5.41, 5.74) is 0.199. The molecule has 39 heavy (non-hydrogen) atoms. The van der Waals surface area contributed by atoms with Gasteiger partial charge in [0.1, 0.15) is 16.4 Å². The first-order chi connectivity index (χ1) is 18.6. The van der Waals surface area contributed by atoms with E-state index in [4.69, 9.17) is 20.8 Å². The van der Waals surface area contributed by atoms with E-state index in [0.29, 0.717) is 10.6 Å². The standard InChI is InChI=1S/C29H27ClF2O6S/c1-2-37-27(34)10-3-20-13-16-38-28(20)26(33)17-19-11-14-29(15-12-19,24-18-22(31)6-9-25(24)32)39(35,36)23-7-4-21(30)5-8-23/h3-10,13,16,18-19H,2,11-12,14-15,17H2,1H3/b10-3+. The van der Waals surface area contributed by atoms with Gasteiger partial charge in [0, 0.05) is 28.6 Å². The van der Waals surface area contributed by atoms with Gasteiger partial charge in [-0.25, -0.2) is 22.0 Å². The lowest BCUT2D eigenvalue weighted by Gasteiger charge is -2.40. The summed E-state index contributed by atoms with van der Waals surface area (Å²) in [6.07, 6.45) is 4.59. The summed E-state index contributed by atoms with van der Waals surface area (Å²) < 4.78 is 65.7. The first-order valence-corrected chi connectivity index (χ1v) is 14.3. The van der Waals surface area contributed by atoms with Crippen molar-refractivity contribution in [1.29, 1.82) is 0 Å². The van der Waals surface area contributed by atoms with Gasteiger partial charge < -0.3 is 9.15 Å². The number of esters is 1. The summed E-state index contributed by atoms with van der Waals surface area (Å²) in [5, 5.41) is 0.344. The van der Waals surface area contributed by atoms with Crippen LogP contribution < -0.4 is 0 Å². The molecule has 0 saturated heterocycles. The fourth-order valence-corrected chi connectivity index (χ4v) is 7.39. The van der Waals surface area contributed by atoms with Crippen molar-refractivity contribution in [3.8, 4) is 0 Å². The van der Waals surface area contributed by atoms with Gasteiger partial charge in [-0.05, 0) is 93.1 Å². The number of ketones is 1. The molecule has 1 aliphatic rings. The first-order valence-electron chi connectivity index (χ1n) is 12.5. The Labute approximate surface area is 230 Å². The van der Waals surface area contributed by atoms with Crippen molar-refractivity contribution in [1.82, 2.24) is 0 Å². The second-order valence-electron chi connectivity index (χ2n) is 9.44. The van der Waals surface area contributed by atoms with E-state index in [1.807, 2.05) is 0 Å². The number of sulfone groups is 1. The molecule has 0 spiro atoms. The van der Waals surface area contributed by atoms with Crippen LogP contribution in [-0.4, -0.2) is 26.8 Å². The Hall–Kier alpha value is -3.30. The van der Waals surface area contributed by atoms with Gasteiger partial charge in [-0.15, -0.1) is 0 Å². The minimum Gasteiger partial charge on any atom is -0.463 e. The van der Waals surface area contributed by atoms with E-state index in [-0.39, 0.29) is 66.6 Å². The Morgan fingerprint density at radius 3 is 2.46 bits per heavy atom. The summed E-state index contributed by atoms with van der Waals surface area (Å²) in [5.74, 6) is -2.54. The molecule has 206 valence electrons. The Morgan fingerprint density at radius 1 is 1.10 bits per heavy atom. The third-order valence-corrected chi connectivity index (χ3v) is 9.88. The Bertz CT molecular complexity index is 1490. The number of carbonyl (C=O) groups excluding carboxylic acids is 2. The Kier molecular flexibility index (Phi) is 8.71. The van der Waals surface area contributed by atoms with Crippen molar-refractivity contribution in [3.05, 3.63) is 94.4 Å². The number of ether oxygens (including phenoxy) is 1. The van der Waals surface area contributed by atoms with Crippen molar-refractivity contribution >= 4 is 39.3 Å². The van der Waals surface area contributed by atoms with Crippen LogP contribution in [0.15, 0.2) is 70.2 Å². The van der Waals surface area contributed by atoms with Crippen molar-refractivity contribution in [2.24, 2.45) is 5.92 Å². The average molecular weight is 577 g/mol. The van der Waals surface area contributed by atoms with Gasteiger partial charge in [-0.2, -0.15) is 0 Å². The number of halogens is 3. The van der Waals surface area contributed by atoms with Crippen LogP contribution in [0.25, 0.3) is 6.08 Å². The number of carbonyl (C=O) groups is 2. The predicted molar refractivity (Wildman–Crippen MR) is 142 cm³/mol. The molecule has 2 aromatic carbocycles. The fraction of sp³-hybridized carbons (Fsp3) is 0.310. The molecule has 1 aliphatic carbocycles. The lowest BCUT2D eigenvalue weighted by molar-refractivity contribution is -0.137. The molecule has 1 heterocycles. The molecular formula is C29H27ClF2O6S. The lowest BCUT2D eigenvalue weighted by atomic mass is 9.76. The van der Waals surface area contributed by atoms with Gasteiger partial charge in [-0.3, -0.25) is 4.79 Å². The molecule has 1 fully saturated rings. The second kappa shape index (κ2) is 11.8. The molecule has 0 unspecified atom stereocenters. The molecule has 1 aromatic heterocycles. The molecule has 0 radical (unpaired) electrons. The summed E-state index contributed by atoms with van der Waals surface area (Å²) in [4.78, 5) is 24.6. The van der Waals surface area contributed by atoms with E-state index >= 15 is 4.39 Å². The van der Waals surface area contributed by atoms with Gasteiger partial charge in [0.2, 0.25) is 0 Å². The fourth-order valence-electron chi connectivity index (χ4n) is 5.10. The molecule has 0 aliphatic heterocycles. The maximum absolute atomic E-state index is 15.1. The van der Waals surface area contributed by atoms with E-state index in [2.05, 4.69) is 0 Å². The second-order valence-corrected chi connectivity index (χ2v) is 12.1. The predicted octanol–water partition coefficient (Wildman–Crippen LogP) is 6.92. The molecular weight excluding hydrogens is 550 g/mol. The van der Waals surface area contributed by atoms with Crippen LogP contribution in [0.1, 0.15) is 60.7 Å². The zero-order valence-electron chi connectivity index (χ0n) is 21.2. The number of furan rings is 1. The quantitative estimate of drug-likeness (QED) is 0.156. The molecule has 0 amide bonds. The van der Waals surface area contributed by atoms with E-state index in [1.165, 1.54) is 42.7 Å². The highest BCUT2D eigenvalue weighted by atomic mass is 35.5. The highest BCUT2D eigenvalue weighted by Gasteiger charge is 2.50. The van der Waals surface area contributed by atoms with Crippen molar-refractivity contribution < 1.29 is 35.9 Å². The van der Waals surface area contributed by atoms with Gasteiger partial charge in [-0.1, -0.05) is 11.6 Å². The molecule has 0 N–H and O–H groups in total. The summed E-state index contributed by atoms with van der Waals surface area (Å²) in [6, 6.07) is 9.96. The normalized spacial score (nSPS) is 19.7. The van der Waals surface area contributed by atoms with Crippen LogP contribution in [0, 0.1) is 17.6 Å². The summed E-state index contributed by atoms with van der Waals surface area (Å²) in [7, 11) is -4.18. The highest BCUT2D eigenvalue weighted by Crippen LogP contribution is 2.50. The zero-order valence-corrected chi connectivity index (χ0v) is 22.7. The first kappa shape index (κ1) is 28.7. The molecule has 4 rings (SSSR count). The van der Waals surface area contributed by atoms with Crippen LogP contribution in [0.3, 0.4) is 0 Å². The monoisotopic (exact) mass is 576 g/mol. The van der Waals surface area contributed by atoms with Crippen LogP contribution in [0.4, 0.5) is 8.78 Å². The van der Waals surface area contributed by atoms with Crippen LogP contribution >= 0.6 is 11.6 Å². The van der Waals surface area contributed by atoms with Crippen molar-refractivity contribution in [2.75, 3.05) is 6.61 Å². The lowest BCUT2D eigenvalue weighted by Crippen LogP contribution is -2.41. The van der Waals surface area contributed by atoms with E-state index in [9.17, 15) is 22.4 Å². The maximum Gasteiger partial charge on any atom is 0.330 e. The SMILES string of the molecule is CCOC(=O)/C=C/c1ccoc1C(=O)CC1CCC(c2cc(F)ccc2F)(S(=O)(=O)c2ccc(Cl)cc2)CC1. The largest absolute Gasteiger partial charge is 0.463 e. The smallest absolute Gasteiger partial charge is 0.330 e. The molecule has 10 heteroatoms. The number of Topliss-reactive ketones (excluding diaryl/α,β-unsaturated/α-hetero) is 1. The Balaban J connectivity index is 1.58. The minimum atomic E-state index is -4.18. The molecule has 3 aromatic rings. The van der Waals surface area contributed by atoms with Gasteiger partial charge in [0.25, 0.3) is 0 Å². The van der Waals surface area contributed by atoms with Crippen LogP contribution in [-0.2, 0) is 24.1 Å². The van der Waals surface area contributed by atoms with Crippen molar-refractivity contribution in [3.63, 3.8) is 0 Å². The Morgan fingerprint density at radius 2 is 1.79 bits per heavy atom. The van der Waals surface area contributed by atoms with Crippen LogP contribution in [0.2, 0.25) is 5.02 Å². The molecule has 0 atom stereocenters. The van der Waals surface area contributed by atoms with Crippen molar-refractivity contribution in [2.45, 2.75) is 48.7 Å². The number of hydrogen-bond donors (Lipinski definition) is 0. The summed E-state index contributed by atoms with van der Waals surface area (Å²) >= 11 is 5.94. The van der Waals surface area contributed by atoms with Gasteiger partial charge in [0.05, 0.1) is 17.8 Å². The third-order valence-electron chi connectivity index (χ3n) is 7.08. The minimum absolute atomic E-state index is 0.00987. The highest BCUT2D eigenvalue weighted by molar-refractivity contribution is 7.92. The maximum atomic E-state index is 15.1. The van der Waals surface area contributed by atoms with Gasteiger partial charge >= 0.3 is 5.97 Å². The van der Waals surface area contributed by atoms with Gasteiger partial charge in [0.15, 0.2) is 21.4 Å². The zero-order chi connectivity index (χ0) is 28.2. The summed E-state index contributed by atoms with van der Waals surface area (Å²) in [6.45, 7) is 1.90. The third kappa shape index (κ3) is 5.99. The van der Waals surface area contributed by atoms with E-state index < -0.39 is 32.2 Å². The number of benzene rings is 2. The number of hydrogen-bond acceptors (Lipinski definition) is 6. The average Bonchev–Trinajstić information content (AvgIpc) is 3.39. The molecule has 0 bridgehead atoms.